The molecule has 1 amide bonds. The highest BCUT2D eigenvalue weighted by atomic mass is 16.5. The first-order valence-electron chi connectivity index (χ1n) is 11.2. The molecule has 0 spiro atoms. The maximum absolute atomic E-state index is 12.8. The minimum absolute atomic E-state index is 0.0121. The number of ether oxygens (including phenoxy) is 1. The molecule has 0 radical (unpaired) electrons. The fraction of sp³-hybridized carbons (Fsp3) is 0.545. The predicted octanol–water partition coefficient (Wildman–Crippen LogP) is 0.347. The molecule has 10 heteroatoms. The number of nitrogens with zero attached hydrogens (tertiary/aromatic N) is 7. The van der Waals surface area contributed by atoms with Gasteiger partial charge in [-0.1, -0.05) is 0 Å². The average molecular weight is 442 g/mol. The van der Waals surface area contributed by atoms with Gasteiger partial charge in [0.25, 0.3) is 5.91 Å². The Hall–Kier alpha value is -2.98. The summed E-state index contributed by atoms with van der Waals surface area (Å²) in [5, 5.41) is 18.0. The van der Waals surface area contributed by atoms with Gasteiger partial charge in [0.2, 0.25) is 5.88 Å². The van der Waals surface area contributed by atoms with Crippen LogP contribution in [0.5, 0.6) is 5.88 Å². The number of carbonyl (C=O) groups excluding carboxylic acids is 1. The van der Waals surface area contributed by atoms with Crippen LogP contribution in [0.25, 0.3) is 0 Å². The molecular weight excluding hydrogens is 410 g/mol. The van der Waals surface area contributed by atoms with Crippen LogP contribution in [0.15, 0.2) is 30.5 Å². The van der Waals surface area contributed by atoms with Crippen LogP contribution in [-0.2, 0) is 0 Å². The van der Waals surface area contributed by atoms with Crippen LogP contribution in [-0.4, -0.2) is 108 Å². The summed E-state index contributed by atoms with van der Waals surface area (Å²) in [6, 6.07) is 7.53. The Morgan fingerprint density at radius 2 is 1.56 bits per heavy atom. The van der Waals surface area contributed by atoms with Crippen LogP contribution in [0.2, 0.25) is 0 Å². The van der Waals surface area contributed by atoms with Crippen molar-refractivity contribution in [3.05, 3.63) is 36.0 Å². The second kappa shape index (κ2) is 10.6. The van der Waals surface area contributed by atoms with Gasteiger partial charge in [0.05, 0.1) is 18.8 Å². The lowest BCUT2D eigenvalue weighted by atomic mass is 10.2. The van der Waals surface area contributed by atoms with Crippen LogP contribution in [0, 0.1) is 0 Å². The lowest BCUT2D eigenvalue weighted by Gasteiger charge is -2.36. The topological polar surface area (TPSA) is 98.2 Å². The fourth-order valence-electron chi connectivity index (χ4n) is 4.06. The van der Waals surface area contributed by atoms with Crippen LogP contribution >= 0.6 is 0 Å². The molecule has 4 heterocycles. The molecule has 1 N–H and O–H groups in total. The Kier molecular flexibility index (Phi) is 7.33. The number of aromatic nitrogens is 3. The summed E-state index contributed by atoms with van der Waals surface area (Å²) in [4.78, 5) is 25.5. The van der Waals surface area contributed by atoms with Gasteiger partial charge in [0.15, 0.2) is 11.6 Å². The monoisotopic (exact) mass is 441 g/mol. The molecule has 0 bridgehead atoms. The highest BCUT2D eigenvalue weighted by Gasteiger charge is 2.24. The number of carbonyl (C=O) groups is 1. The minimum atomic E-state index is -0.0121. The van der Waals surface area contributed by atoms with Gasteiger partial charge in [-0.3, -0.25) is 9.69 Å². The summed E-state index contributed by atoms with van der Waals surface area (Å²) < 4.78 is 5.34. The Morgan fingerprint density at radius 3 is 2.06 bits per heavy atom. The molecule has 2 aromatic heterocycles. The molecular formula is C22H31N7O3. The highest BCUT2D eigenvalue weighted by Crippen LogP contribution is 2.19. The molecule has 0 aromatic carbocycles. The van der Waals surface area contributed by atoms with E-state index < -0.39 is 0 Å². The molecule has 10 nitrogen and oxygen atoms in total. The largest absolute Gasteiger partial charge is 0.478 e. The van der Waals surface area contributed by atoms with E-state index in [4.69, 9.17) is 9.84 Å². The summed E-state index contributed by atoms with van der Waals surface area (Å²) in [5.41, 5.74) is 0.574. The Labute approximate surface area is 188 Å². The second-order valence-electron chi connectivity index (χ2n) is 7.90. The maximum atomic E-state index is 12.8. The smallest absolute Gasteiger partial charge is 0.255 e. The molecule has 0 atom stereocenters. The summed E-state index contributed by atoms with van der Waals surface area (Å²) in [7, 11) is 0. The average Bonchev–Trinajstić information content (AvgIpc) is 2.85. The lowest BCUT2D eigenvalue weighted by molar-refractivity contribution is 0.0746. The Balaban J connectivity index is 1.28. The zero-order valence-electron chi connectivity index (χ0n) is 18.6. The summed E-state index contributed by atoms with van der Waals surface area (Å²) in [6.45, 7) is 9.66. The number of piperazine rings is 2. The number of pyridine rings is 1. The summed E-state index contributed by atoms with van der Waals surface area (Å²) in [6.07, 6.45) is 1.58. The van der Waals surface area contributed by atoms with E-state index in [1.54, 1.807) is 18.3 Å². The molecule has 2 saturated heterocycles. The van der Waals surface area contributed by atoms with Crippen molar-refractivity contribution in [2.75, 3.05) is 81.9 Å². The number of rotatable bonds is 7. The quantitative estimate of drug-likeness (QED) is 0.652. The van der Waals surface area contributed by atoms with E-state index in [-0.39, 0.29) is 12.5 Å². The normalized spacial score (nSPS) is 17.5. The van der Waals surface area contributed by atoms with Gasteiger partial charge >= 0.3 is 0 Å². The number of aliphatic hydroxyl groups is 1. The molecule has 0 unspecified atom stereocenters. The Morgan fingerprint density at radius 1 is 0.938 bits per heavy atom. The van der Waals surface area contributed by atoms with Crippen LogP contribution in [0.4, 0.5) is 11.6 Å². The molecule has 4 rings (SSSR count). The maximum Gasteiger partial charge on any atom is 0.255 e. The summed E-state index contributed by atoms with van der Waals surface area (Å²) >= 11 is 0. The first-order chi connectivity index (χ1) is 15.7. The number of hydrogen-bond donors (Lipinski definition) is 1. The van der Waals surface area contributed by atoms with Gasteiger partial charge in [0, 0.05) is 71.2 Å². The summed E-state index contributed by atoms with van der Waals surface area (Å²) in [5.74, 6) is 2.24. The van der Waals surface area contributed by atoms with Gasteiger partial charge < -0.3 is 24.5 Å². The molecule has 172 valence electrons. The van der Waals surface area contributed by atoms with Crippen molar-refractivity contribution in [3.63, 3.8) is 0 Å². The third kappa shape index (κ3) is 5.25. The first kappa shape index (κ1) is 22.2. The van der Waals surface area contributed by atoms with Crippen LogP contribution in [0.1, 0.15) is 17.3 Å². The van der Waals surface area contributed by atoms with Crippen molar-refractivity contribution in [1.29, 1.82) is 0 Å². The first-order valence-corrected chi connectivity index (χ1v) is 11.2. The third-order valence-electron chi connectivity index (χ3n) is 5.92. The predicted molar refractivity (Wildman–Crippen MR) is 121 cm³/mol. The minimum Gasteiger partial charge on any atom is -0.478 e. The molecule has 2 aliphatic rings. The van der Waals surface area contributed by atoms with Crippen molar-refractivity contribution < 1.29 is 14.6 Å². The third-order valence-corrected chi connectivity index (χ3v) is 5.92. The van der Waals surface area contributed by atoms with Gasteiger partial charge in [-0.15, -0.1) is 10.2 Å². The van der Waals surface area contributed by atoms with E-state index in [0.717, 1.165) is 44.4 Å². The van der Waals surface area contributed by atoms with Gasteiger partial charge in [0.1, 0.15) is 0 Å². The SMILES string of the molecule is CCOc1ccc(C(=O)N2CCN(c3ccc(N4CCN(CCO)CC4)nn3)CC2)cn1. The van der Waals surface area contributed by atoms with Gasteiger partial charge in [-0.25, -0.2) is 4.98 Å². The number of amides is 1. The van der Waals surface area contributed by atoms with Crippen molar-refractivity contribution in [2.45, 2.75) is 6.92 Å². The molecule has 0 saturated carbocycles. The van der Waals surface area contributed by atoms with Gasteiger partial charge in [-0.05, 0) is 25.1 Å². The molecule has 32 heavy (non-hydrogen) atoms. The molecule has 0 aliphatic carbocycles. The molecule has 2 aromatic rings. The van der Waals surface area contributed by atoms with E-state index in [1.165, 1.54) is 0 Å². The zero-order valence-corrected chi connectivity index (χ0v) is 18.6. The number of anilines is 2. The van der Waals surface area contributed by atoms with Crippen molar-refractivity contribution in [3.8, 4) is 5.88 Å². The number of β-amino-alcohol motifs (C(OH)–C–C–N with tert-alkyl or cyclic N) is 1. The van der Waals surface area contributed by atoms with Gasteiger partial charge in [-0.2, -0.15) is 0 Å². The van der Waals surface area contributed by atoms with Crippen molar-refractivity contribution >= 4 is 17.5 Å². The highest BCUT2D eigenvalue weighted by molar-refractivity contribution is 5.94. The van der Waals surface area contributed by atoms with Crippen LogP contribution < -0.4 is 14.5 Å². The van der Waals surface area contributed by atoms with Crippen molar-refractivity contribution in [1.82, 2.24) is 25.0 Å². The van der Waals surface area contributed by atoms with Crippen molar-refractivity contribution in [2.24, 2.45) is 0 Å². The van der Waals surface area contributed by atoms with E-state index in [9.17, 15) is 4.79 Å². The molecule has 2 aliphatic heterocycles. The van der Waals surface area contributed by atoms with Crippen LogP contribution in [0.3, 0.4) is 0 Å². The van der Waals surface area contributed by atoms with E-state index in [2.05, 4.69) is 29.9 Å². The number of aliphatic hydroxyl groups excluding tert-OH is 1. The van der Waals surface area contributed by atoms with E-state index in [0.29, 0.717) is 44.2 Å². The molecule has 2 fully saturated rings. The Bertz CT molecular complexity index is 862. The fourth-order valence-corrected chi connectivity index (χ4v) is 4.06. The standard InChI is InChI=1S/C22H31N7O3/c1-2-32-21-6-3-18(17-23-21)22(31)29-13-11-28(12-14-29)20-5-4-19(24-25-20)27-9-7-26(8-10-27)15-16-30/h3-6,17,30H,2,7-16H2,1H3. The lowest BCUT2D eigenvalue weighted by Crippen LogP contribution is -2.49. The zero-order chi connectivity index (χ0) is 22.3. The van der Waals surface area contributed by atoms with E-state index in [1.807, 2.05) is 24.0 Å². The van der Waals surface area contributed by atoms with E-state index >= 15 is 0 Å². The number of hydrogen-bond acceptors (Lipinski definition) is 9. The second-order valence-corrected chi connectivity index (χ2v) is 7.90.